The first kappa shape index (κ1) is 14.0. The Balaban J connectivity index is 2.48. The summed E-state index contributed by atoms with van der Waals surface area (Å²) < 4.78 is 5.53. The number of hydrogen-bond donors (Lipinski definition) is 1. The Morgan fingerprint density at radius 2 is 2.00 bits per heavy atom. The second-order valence-electron chi connectivity index (χ2n) is 4.67. The largest absolute Gasteiger partial charge is 0.508 e. The molecule has 0 aromatic heterocycles. The van der Waals surface area contributed by atoms with Crippen molar-refractivity contribution in [2.45, 2.75) is 32.9 Å². The minimum Gasteiger partial charge on any atom is -0.508 e. The number of likely N-dealkylation sites (N-methyl/N-ethyl adjacent to an activating group) is 1. The van der Waals surface area contributed by atoms with Crippen molar-refractivity contribution < 1.29 is 9.84 Å². The highest BCUT2D eigenvalue weighted by Crippen LogP contribution is 2.21. The van der Waals surface area contributed by atoms with E-state index in [9.17, 15) is 5.11 Å². The van der Waals surface area contributed by atoms with Gasteiger partial charge in [-0.1, -0.05) is 12.1 Å². The summed E-state index contributed by atoms with van der Waals surface area (Å²) >= 11 is 0. The fourth-order valence-corrected chi connectivity index (χ4v) is 1.67. The van der Waals surface area contributed by atoms with Gasteiger partial charge in [0.1, 0.15) is 5.75 Å². The molecular weight excluding hydrogens is 214 g/mol. The molecule has 0 saturated heterocycles. The van der Waals surface area contributed by atoms with E-state index in [0.717, 1.165) is 18.7 Å². The summed E-state index contributed by atoms with van der Waals surface area (Å²) in [6, 6.07) is 7.68. The third kappa shape index (κ3) is 4.75. The van der Waals surface area contributed by atoms with Crippen LogP contribution < -0.4 is 0 Å². The van der Waals surface area contributed by atoms with E-state index in [1.54, 1.807) is 6.07 Å². The maximum atomic E-state index is 9.45. The molecule has 0 radical (unpaired) electrons. The minimum atomic E-state index is 0.276. The molecule has 0 bridgehead atoms. The third-order valence-corrected chi connectivity index (χ3v) is 2.91. The molecule has 0 fully saturated rings. The molecule has 0 aliphatic rings. The zero-order chi connectivity index (χ0) is 12.8. The van der Waals surface area contributed by atoms with E-state index in [4.69, 9.17) is 4.74 Å². The van der Waals surface area contributed by atoms with Gasteiger partial charge in [-0.3, -0.25) is 4.90 Å². The number of nitrogens with zero attached hydrogens (tertiary/aromatic N) is 1. The van der Waals surface area contributed by atoms with Gasteiger partial charge in [0.15, 0.2) is 0 Å². The van der Waals surface area contributed by atoms with Crippen LogP contribution in [0.1, 0.15) is 32.4 Å². The lowest BCUT2D eigenvalue weighted by molar-refractivity contribution is 0.0573. The van der Waals surface area contributed by atoms with Gasteiger partial charge in [0.2, 0.25) is 0 Å². The predicted molar refractivity (Wildman–Crippen MR) is 70.2 cm³/mol. The summed E-state index contributed by atoms with van der Waals surface area (Å²) in [5, 5.41) is 9.45. The van der Waals surface area contributed by atoms with Gasteiger partial charge in [-0.2, -0.15) is 0 Å². The lowest BCUT2D eigenvalue weighted by atomic mass is 10.1. The maximum Gasteiger partial charge on any atom is 0.115 e. The van der Waals surface area contributed by atoms with E-state index in [-0.39, 0.29) is 12.1 Å². The molecule has 1 aromatic carbocycles. The van der Waals surface area contributed by atoms with Gasteiger partial charge >= 0.3 is 0 Å². The molecule has 17 heavy (non-hydrogen) atoms. The standard InChI is InChI=1S/C14H23NO2/c1-11(2)17-9-8-15(4)12(3)13-6-5-7-14(16)10-13/h5-7,10-12,16H,8-9H2,1-4H3. The Labute approximate surface area is 104 Å². The van der Waals surface area contributed by atoms with Gasteiger partial charge < -0.3 is 9.84 Å². The molecule has 3 heteroatoms. The second kappa shape index (κ2) is 6.62. The van der Waals surface area contributed by atoms with Crippen molar-refractivity contribution in [3.05, 3.63) is 29.8 Å². The van der Waals surface area contributed by atoms with Crippen molar-refractivity contribution in [3.63, 3.8) is 0 Å². The monoisotopic (exact) mass is 237 g/mol. The molecule has 0 saturated carbocycles. The Bertz CT molecular complexity index is 339. The van der Waals surface area contributed by atoms with E-state index in [0.29, 0.717) is 5.75 Å². The summed E-state index contributed by atoms with van der Waals surface area (Å²) in [6.45, 7) is 7.83. The predicted octanol–water partition coefficient (Wildman–Crippen LogP) is 2.81. The fraction of sp³-hybridized carbons (Fsp3) is 0.571. The van der Waals surface area contributed by atoms with Crippen molar-refractivity contribution in [1.82, 2.24) is 4.90 Å². The highest BCUT2D eigenvalue weighted by Gasteiger charge is 2.11. The summed E-state index contributed by atoms with van der Waals surface area (Å²) in [5.41, 5.74) is 1.12. The number of aromatic hydroxyl groups is 1. The highest BCUT2D eigenvalue weighted by molar-refractivity contribution is 5.29. The average Bonchev–Trinajstić information content (AvgIpc) is 2.27. The number of rotatable bonds is 6. The zero-order valence-electron chi connectivity index (χ0n) is 11.2. The number of phenols is 1. The first-order chi connectivity index (χ1) is 8.00. The maximum absolute atomic E-state index is 9.45. The van der Waals surface area contributed by atoms with Crippen LogP contribution in [0.15, 0.2) is 24.3 Å². The molecule has 1 unspecified atom stereocenters. The normalized spacial score (nSPS) is 13.3. The Morgan fingerprint density at radius 3 is 2.59 bits per heavy atom. The average molecular weight is 237 g/mol. The van der Waals surface area contributed by atoms with Gasteiger partial charge in [-0.25, -0.2) is 0 Å². The Hall–Kier alpha value is -1.06. The van der Waals surface area contributed by atoms with Crippen molar-refractivity contribution in [2.75, 3.05) is 20.2 Å². The van der Waals surface area contributed by atoms with Crippen LogP contribution in [-0.4, -0.2) is 36.3 Å². The molecule has 3 nitrogen and oxygen atoms in total. The molecule has 0 heterocycles. The van der Waals surface area contributed by atoms with Gasteiger partial charge in [0.05, 0.1) is 12.7 Å². The first-order valence-electron chi connectivity index (χ1n) is 6.11. The van der Waals surface area contributed by atoms with Crippen LogP contribution in [0.4, 0.5) is 0 Å². The zero-order valence-corrected chi connectivity index (χ0v) is 11.2. The van der Waals surface area contributed by atoms with E-state index < -0.39 is 0 Å². The van der Waals surface area contributed by atoms with Gasteiger partial charge in [0.25, 0.3) is 0 Å². The molecular formula is C14H23NO2. The number of ether oxygens (including phenoxy) is 1. The van der Waals surface area contributed by atoms with Crippen LogP contribution in [0.2, 0.25) is 0 Å². The highest BCUT2D eigenvalue weighted by atomic mass is 16.5. The van der Waals surface area contributed by atoms with Crippen LogP contribution in [0.25, 0.3) is 0 Å². The van der Waals surface area contributed by atoms with Crippen LogP contribution in [0, 0.1) is 0 Å². The molecule has 0 spiro atoms. The molecule has 1 aromatic rings. The van der Waals surface area contributed by atoms with E-state index in [1.807, 2.05) is 32.0 Å². The van der Waals surface area contributed by atoms with Gasteiger partial charge in [-0.05, 0) is 45.5 Å². The molecule has 96 valence electrons. The number of phenolic OH excluding ortho intramolecular Hbond substituents is 1. The smallest absolute Gasteiger partial charge is 0.115 e. The summed E-state index contributed by atoms with van der Waals surface area (Å²) in [7, 11) is 2.07. The fourth-order valence-electron chi connectivity index (χ4n) is 1.67. The molecule has 0 amide bonds. The number of benzene rings is 1. The molecule has 1 rings (SSSR count). The summed E-state index contributed by atoms with van der Waals surface area (Å²) in [6.07, 6.45) is 0.277. The molecule has 0 aliphatic carbocycles. The second-order valence-corrected chi connectivity index (χ2v) is 4.67. The summed E-state index contributed by atoms with van der Waals surface area (Å²) in [5.74, 6) is 0.321. The van der Waals surface area contributed by atoms with Crippen LogP contribution in [-0.2, 0) is 4.74 Å². The SMILES string of the molecule is CC(C)OCCN(C)C(C)c1cccc(O)c1. The first-order valence-corrected chi connectivity index (χ1v) is 6.11. The van der Waals surface area contributed by atoms with Crippen LogP contribution in [0.3, 0.4) is 0 Å². The van der Waals surface area contributed by atoms with Crippen LogP contribution >= 0.6 is 0 Å². The lowest BCUT2D eigenvalue weighted by Crippen LogP contribution is -2.27. The molecule has 0 aliphatic heterocycles. The number of hydrogen-bond acceptors (Lipinski definition) is 3. The molecule has 1 N–H and O–H groups in total. The van der Waals surface area contributed by atoms with Gasteiger partial charge in [0, 0.05) is 12.6 Å². The van der Waals surface area contributed by atoms with Crippen LogP contribution in [0.5, 0.6) is 5.75 Å². The van der Waals surface area contributed by atoms with Crippen molar-refractivity contribution in [1.29, 1.82) is 0 Å². The lowest BCUT2D eigenvalue weighted by Gasteiger charge is -2.25. The van der Waals surface area contributed by atoms with Crippen molar-refractivity contribution in [3.8, 4) is 5.75 Å². The topological polar surface area (TPSA) is 32.7 Å². The molecule has 1 atom stereocenters. The quantitative estimate of drug-likeness (QED) is 0.825. The summed E-state index contributed by atoms with van der Waals surface area (Å²) in [4.78, 5) is 2.22. The minimum absolute atomic E-state index is 0.276. The van der Waals surface area contributed by atoms with E-state index in [2.05, 4.69) is 18.9 Å². The van der Waals surface area contributed by atoms with Crippen molar-refractivity contribution in [2.24, 2.45) is 0 Å². The van der Waals surface area contributed by atoms with E-state index in [1.165, 1.54) is 0 Å². The van der Waals surface area contributed by atoms with E-state index >= 15 is 0 Å². The van der Waals surface area contributed by atoms with Crippen molar-refractivity contribution >= 4 is 0 Å². The Kier molecular flexibility index (Phi) is 5.45. The Morgan fingerprint density at radius 1 is 1.29 bits per heavy atom. The van der Waals surface area contributed by atoms with Gasteiger partial charge in [-0.15, -0.1) is 0 Å². The third-order valence-electron chi connectivity index (χ3n) is 2.91.